The lowest BCUT2D eigenvalue weighted by molar-refractivity contribution is -0.137. The van der Waals surface area contributed by atoms with E-state index in [1.165, 1.54) is 24.3 Å². The highest BCUT2D eigenvalue weighted by Gasteiger charge is 2.30. The van der Waals surface area contributed by atoms with Gasteiger partial charge in [0.25, 0.3) is 0 Å². The van der Waals surface area contributed by atoms with Crippen molar-refractivity contribution in [2.24, 2.45) is 0 Å². The van der Waals surface area contributed by atoms with Crippen LogP contribution in [-0.2, 0) is 6.18 Å². The fourth-order valence-corrected chi connectivity index (χ4v) is 1.81. The molecule has 102 valence electrons. The minimum atomic E-state index is -4.42. The number of nitrogens with one attached hydrogen (secondary N) is 1. The Morgan fingerprint density at radius 3 is 2.70 bits per heavy atom. The van der Waals surface area contributed by atoms with Crippen molar-refractivity contribution in [3.05, 3.63) is 52.4 Å². The maximum absolute atomic E-state index is 12.7. The van der Waals surface area contributed by atoms with Crippen LogP contribution < -0.4 is 5.69 Å². The number of aromatic nitrogens is 4. The lowest BCUT2D eigenvalue weighted by Crippen LogP contribution is -2.12. The third-order valence-electron chi connectivity index (χ3n) is 2.76. The molecule has 0 amide bonds. The van der Waals surface area contributed by atoms with E-state index >= 15 is 0 Å². The number of hydrogen-bond acceptors (Lipinski definition) is 3. The van der Waals surface area contributed by atoms with Gasteiger partial charge in [0.05, 0.1) is 11.3 Å². The first-order valence-electron chi connectivity index (χ1n) is 5.57. The van der Waals surface area contributed by atoms with Gasteiger partial charge >= 0.3 is 11.9 Å². The molecule has 0 bridgehead atoms. The van der Waals surface area contributed by atoms with Crippen LogP contribution in [0.3, 0.4) is 0 Å². The molecule has 8 heteroatoms. The number of H-pyrrole nitrogens is 1. The lowest BCUT2D eigenvalue weighted by Gasteiger charge is -2.08. The minimum absolute atomic E-state index is 0.257. The van der Waals surface area contributed by atoms with Crippen molar-refractivity contribution in [1.29, 1.82) is 0 Å². The Bertz CT molecular complexity index is 834. The third kappa shape index (κ3) is 2.04. The highest BCUT2D eigenvalue weighted by Crippen LogP contribution is 2.31. The highest BCUT2D eigenvalue weighted by molar-refractivity contribution is 5.61. The zero-order valence-electron chi connectivity index (χ0n) is 9.85. The van der Waals surface area contributed by atoms with Gasteiger partial charge in [0.2, 0.25) is 0 Å². The monoisotopic (exact) mass is 280 g/mol. The van der Waals surface area contributed by atoms with Crippen molar-refractivity contribution in [1.82, 2.24) is 19.8 Å². The Morgan fingerprint density at radius 1 is 1.15 bits per heavy atom. The topological polar surface area (TPSA) is 63.0 Å². The van der Waals surface area contributed by atoms with Crippen LogP contribution in [0.15, 0.2) is 41.2 Å². The molecule has 0 aliphatic carbocycles. The van der Waals surface area contributed by atoms with E-state index in [1.807, 2.05) is 0 Å². The van der Waals surface area contributed by atoms with Crippen molar-refractivity contribution >= 4 is 5.65 Å². The number of aromatic amines is 1. The first-order chi connectivity index (χ1) is 9.45. The average Bonchev–Trinajstić information content (AvgIpc) is 2.79. The van der Waals surface area contributed by atoms with Crippen molar-refractivity contribution in [3.63, 3.8) is 0 Å². The maximum atomic E-state index is 12.7. The van der Waals surface area contributed by atoms with Gasteiger partial charge in [-0.15, -0.1) is 0 Å². The summed E-state index contributed by atoms with van der Waals surface area (Å²) in [6, 6.07) is 7.76. The van der Waals surface area contributed by atoms with Gasteiger partial charge in [-0.1, -0.05) is 12.1 Å². The Morgan fingerprint density at radius 2 is 1.95 bits per heavy atom. The van der Waals surface area contributed by atoms with Gasteiger partial charge < -0.3 is 0 Å². The fourth-order valence-electron chi connectivity index (χ4n) is 1.81. The van der Waals surface area contributed by atoms with Crippen LogP contribution in [0.1, 0.15) is 5.56 Å². The molecule has 0 saturated heterocycles. The van der Waals surface area contributed by atoms with Crippen molar-refractivity contribution in [3.8, 4) is 11.3 Å². The van der Waals surface area contributed by atoms with E-state index in [1.54, 1.807) is 0 Å². The summed E-state index contributed by atoms with van der Waals surface area (Å²) in [4.78, 5) is 11.4. The Labute approximate surface area is 109 Å². The summed E-state index contributed by atoms with van der Waals surface area (Å²) in [6.07, 6.45) is -4.42. The van der Waals surface area contributed by atoms with Gasteiger partial charge in [0.15, 0.2) is 5.65 Å². The van der Waals surface area contributed by atoms with Gasteiger partial charge in [-0.2, -0.15) is 27.9 Å². The molecule has 2 aromatic heterocycles. The Balaban J connectivity index is 2.15. The standard InChI is InChI=1S/C12H7F3N4O/c13-12(14,15)8-3-1-2-7(6-8)9-4-5-10-16-17-11(20)19(10)18-9/h1-6H,(H,17,20). The largest absolute Gasteiger partial charge is 0.416 e. The van der Waals surface area contributed by atoms with Gasteiger partial charge in [-0.3, -0.25) is 0 Å². The molecule has 0 spiro atoms. The predicted octanol–water partition coefficient (Wildman–Crippen LogP) is 2.10. The zero-order chi connectivity index (χ0) is 14.3. The Kier molecular flexibility index (Phi) is 2.60. The van der Waals surface area contributed by atoms with Crippen molar-refractivity contribution in [2.45, 2.75) is 6.18 Å². The van der Waals surface area contributed by atoms with E-state index in [2.05, 4.69) is 15.3 Å². The number of fused-ring (bicyclic) bond motifs is 1. The van der Waals surface area contributed by atoms with Crippen LogP contribution in [-0.4, -0.2) is 19.8 Å². The van der Waals surface area contributed by atoms with E-state index in [4.69, 9.17) is 0 Å². The highest BCUT2D eigenvalue weighted by atomic mass is 19.4. The maximum Gasteiger partial charge on any atom is 0.416 e. The molecule has 0 unspecified atom stereocenters. The third-order valence-corrected chi connectivity index (χ3v) is 2.76. The van der Waals surface area contributed by atoms with E-state index in [0.29, 0.717) is 5.65 Å². The molecule has 0 atom stereocenters. The first-order valence-corrected chi connectivity index (χ1v) is 5.57. The van der Waals surface area contributed by atoms with Gasteiger partial charge in [0, 0.05) is 5.56 Å². The minimum Gasteiger partial charge on any atom is -0.244 e. The number of benzene rings is 1. The second-order valence-corrected chi connectivity index (χ2v) is 4.10. The molecule has 1 aromatic carbocycles. The molecule has 2 heterocycles. The summed E-state index contributed by atoms with van der Waals surface area (Å²) in [5, 5.41) is 9.87. The number of nitrogens with zero attached hydrogens (tertiary/aromatic N) is 3. The molecule has 3 rings (SSSR count). The molecule has 5 nitrogen and oxygen atoms in total. The number of hydrogen-bond donors (Lipinski definition) is 1. The van der Waals surface area contributed by atoms with E-state index in [0.717, 1.165) is 16.6 Å². The van der Waals surface area contributed by atoms with E-state index < -0.39 is 17.4 Å². The first kappa shape index (κ1) is 12.4. The van der Waals surface area contributed by atoms with Crippen molar-refractivity contribution in [2.75, 3.05) is 0 Å². The molecule has 1 N–H and O–H groups in total. The molecular weight excluding hydrogens is 273 g/mol. The smallest absolute Gasteiger partial charge is 0.244 e. The molecule has 3 aromatic rings. The summed E-state index contributed by atoms with van der Waals surface area (Å²) in [6.45, 7) is 0. The number of rotatable bonds is 1. The lowest BCUT2D eigenvalue weighted by atomic mass is 10.1. The molecule has 0 aliphatic rings. The quantitative estimate of drug-likeness (QED) is 0.742. The van der Waals surface area contributed by atoms with Crippen LogP contribution in [0.5, 0.6) is 0 Å². The van der Waals surface area contributed by atoms with Gasteiger partial charge in [0.1, 0.15) is 0 Å². The molecular formula is C12H7F3N4O. The second-order valence-electron chi connectivity index (χ2n) is 4.10. The number of halogens is 3. The van der Waals surface area contributed by atoms with Crippen LogP contribution in [0.2, 0.25) is 0 Å². The molecule has 0 fully saturated rings. The molecule has 0 saturated carbocycles. The van der Waals surface area contributed by atoms with Crippen LogP contribution in [0.4, 0.5) is 13.2 Å². The predicted molar refractivity (Wildman–Crippen MR) is 64.0 cm³/mol. The van der Waals surface area contributed by atoms with E-state index in [9.17, 15) is 18.0 Å². The zero-order valence-corrected chi connectivity index (χ0v) is 9.85. The number of alkyl halides is 3. The molecule has 0 aliphatic heterocycles. The Hall–Kier alpha value is -2.64. The van der Waals surface area contributed by atoms with Crippen LogP contribution in [0.25, 0.3) is 16.9 Å². The average molecular weight is 280 g/mol. The van der Waals surface area contributed by atoms with Crippen LogP contribution >= 0.6 is 0 Å². The molecule has 20 heavy (non-hydrogen) atoms. The molecule has 0 radical (unpaired) electrons. The van der Waals surface area contributed by atoms with Crippen molar-refractivity contribution < 1.29 is 13.2 Å². The normalized spacial score (nSPS) is 11.9. The summed E-state index contributed by atoms with van der Waals surface area (Å²) >= 11 is 0. The summed E-state index contributed by atoms with van der Waals surface area (Å²) in [5.74, 6) is 0. The second kappa shape index (κ2) is 4.19. The summed E-state index contributed by atoms with van der Waals surface area (Å²) in [7, 11) is 0. The van der Waals surface area contributed by atoms with Gasteiger partial charge in [-0.25, -0.2) is 9.89 Å². The van der Waals surface area contributed by atoms with Gasteiger partial charge in [-0.05, 0) is 24.3 Å². The SMILES string of the molecule is O=c1[nH]nc2ccc(-c3cccc(C(F)(F)F)c3)nn12. The summed E-state index contributed by atoms with van der Waals surface area (Å²) in [5.41, 5.74) is -0.488. The van der Waals surface area contributed by atoms with E-state index in [-0.39, 0.29) is 11.3 Å². The van der Waals surface area contributed by atoms with Crippen LogP contribution in [0, 0.1) is 0 Å². The summed E-state index contributed by atoms with van der Waals surface area (Å²) < 4.78 is 39.0. The fraction of sp³-hybridized carbons (Fsp3) is 0.0833.